The summed E-state index contributed by atoms with van der Waals surface area (Å²) in [4.78, 5) is 0. The van der Waals surface area contributed by atoms with Gasteiger partial charge in [0.15, 0.2) is 0 Å². The first-order valence-electron chi connectivity index (χ1n) is 34.8. The van der Waals surface area contributed by atoms with Crippen LogP contribution in [0.15, 0.2) is 89.6 Å². The van der Waals surface area contributed by atoms with Crippen LogP contribution in [0.2, 0.25) is 0 Å². The average molecular weight is 1070 g/mol. The van der Waals surface area contributed by atoms with Gasteiger partial charge in [-0.25, -0.2) is 4.68 Å². The first kappa shape index (κ1) is 69.1. The van der Waals surface area contributed by atoms with Gasteiger partial charge in [0.05, 0.1) is 0 Å². The first-order chi connectivity index (χ1) is 38.4. The molecule has 1 heterocycles. The second-order valence-electron chi connectivity index (χ2n) is 24.7. The number of nitrogens with zero attached hydrogens (tertiary/aromatic N) is 1. The number of nitrogens with one attached hydrogen (secondary N) is 1. The Kier molecular flexibility index (Phi) is 42.1. The highest BCUT2D eigenvalue weighted by Crippen LogP contribution is 2.34. The Bertz CT molecular complexity index is 1920. The lowest BCUT2D eigenvalue weighted by atomic mass is 9.88. The summed E-state index contributed by atoms with van der Waals surface area (Å²) in [7, 11) is 0. The normalized spacial score (nSPS) is 14.6. The maximum Gasteiger partial charge on any atom is 0.215 e. The van der Waals surface area contributed by atoms with Crippen molar-refractivity contribution in [1.29, 1.82) is 0 Å². The fourth-order valence-electron chi connectivity index (χ4n) is 12.9. The standard InChI is InChI=1S/C76H128N2/c1-8-15-17-19-21-23-25-27-29-31-33-35-37-39-41-43-53-66(49-10-3)63-68(51-12-5)59-61-71-55-45-47-57-73(71)75-65-70(14-7)76(78(75)77)74-58-48-46-56-72(74)62-60-69(52-13-6)64-67(50-11-4)54-44-42-40-38-36-34-32-30-28-26-24-22-20-18-16-9-2/h14,45-48,55-58,63-65,68-69,77H,8-13,15-44,49-54,59-62H2,1-7H3. The summed E-state index contributed by atoms with van der Waals surface area (Å²) in [5, 5.41) is 0. The highest BCUT2D eigenvalue weighted by Gasteiger charge is 2.30. The van der Waals surface area contributed by atoms with Crippen molar-refractivity contribution in [3.05, 3.63) is 118 Å². The van der Waals surface area contributed by atoms with Gasteiger partial charge in [-0.05, 0) is 119 Å². The SMILES string of the molecule is CC=C1C=C(c2ccccc2CCC(C=C(CCC)CCCCCCCCCCCCCCCCCC)CCC)[N+]([NH-])=C1c1ccccc1CCC(C=C(CCC)CCCCCCCCCCCCCCCCCC)CCC. The second-order valence-corrected chi connectivity index (χ2v) is 24.7. The predicted molar refractivity (Wildman–Crippen MR) is 351 cm³/mol. The van der Waals surface area contributed by atoms with Gasteiger partial charge in [-0.15, -0.1) is 0 Å². The van der Waals surface area contributed by atoms with Crippen molar-refractivity contribution in [2.24, 2.45) is 11.8 Å². The summed E-state index contributed by atoms with van der Waals surface area (Å²) in [6.07, 6.45) is 72.6. The molecule has 0 saturated heterocycles. The molecule has 2 nitrogen and oxygen atoms in total. The van der Waals surface area contributed by atoms with Crippen molar-refractivity contribution < 1.29 is 4.68 Å². The average Bonchev–Trinajstić information content (AvgIpc) is 3.93. The van der Waals surface area contributed by atoms with E-state index in [1.54, 1.807) is 15.8 Å². The molecule has 2 aromatic rings. The van der Waals surface area contributed by atoms with Crippen molar-refractivity contribution in [1.82, 2.24) is 0 Å². The zero-order valence-electron chi connectivity index (χ0n) is 53.1. The van der Waals surface area contributed by atoms with Crippen LogP contribution >= 0.6 is 0 Å². The van der Waals surface area contributed by atoms with Crippen LogP contribution in [0.25, 0.3) is 11.5 Å². The molecule has 442 valence electrons. The van der Waals surface area contributed by atoms with Crippen molar-refractivity contribution in [3.63, 3.8) is 0 Å². The first-order valence-corrected chi connectivity index (χ1v) is 34.8. The van der Waals surface area contributed by atoms with E-state index in [0.717, 1.165) is 24.3 Å². The lowest BCUT2D eigenvalue weighted by molar-refractivity contribution is -0.347. The monoisotopic (exact) mass is 1070 g/mol. The van der Waals surface area contributed by atoms with E-state index in [1.807, 2.05) is 0 Å². The summed E-state index contributed by atoms with van der Waals surface area (Å²) < 4.78 is 1.79. The Balaban J connectivity index is 1.55. The molecule has 2 heteroatoms. The summed E-state index contributed by atoms with van der Waals surface area (Å²) >= 11 is 0. The molecule has 0 aromatic heterocycles. The molecule has 0 radical (unpaired) electrons. The van der Waals surface area contributed by atoms with Gasteiger partial charge in [0, 0.05) is 22.8 Å². The Morgan fingerprint density at radius 3 is 1.06 bits per heavy atom. The number of hydrogen-bond acceptors (Lipinski definition) is 0. The third-order valence-electron chi connectivity index (χ3n) is 17.6. The van der Waals surface area contributed by atoms with E-state index < -0.39 is 0 Å². The van der Waals surface area contributed by atoms with Crippen molar-refractivity contribution in [2.45, 2.75) is 344 Å². The minimum Gasteiger partial charge on any atom is -0.448 e. The fourth-order valence-corrected chi connectivity index (χ4v) is 12.9. The Morgan fingerprint density at radius 1 is 0.385 bits per heavy atom. The molecule has 3 rings (SSSR count). The Labute approximate surface area is 486 Å². The van der Waals surface area contributed by atoms with Gasteiger partial charge in [0.25, 0.3) is 0 Å². The number of aryl methyl sites for hydroxylation is 2. The zero-order valence-corrected chi connectivity index (χ0v) is 53.1. The smallest absolute Gasteiger partial charge is 0.215 e. The Morgan fingerprint density at radius 2 is 0.718 bits per heavy atom. The number of benzene rings is 2. The van der Waals surface area contributed by atoms with Crippen LogP contribution in [-0.2, 0) is 12.8 Å². The van der Waals surface area contributed by atoms with Crippen LogP contribution < -0.4 is 0 Å². The molecular formula is C76H128N2. The van der Waals surface area contributed by atoms with E-state index in [4.69, 9.17) is 0 Å². The largest absolute Gasteiger partial charge is 0.448 e. The summed E-state index contributed by atoms with van der Waals surface area (Å²) in [5.74, 6) is 11.0. The van der Waals surface area contributed by atoms with Gasteiger partial charge in [-0.3, -0.25) is 0 Å². The van der Waals surface area contributed by atoms with E-state index in [2.05, 4.69) is 121 Å². The highest BCUT2D eigenvalue weighted by atomic mass is 15.3. The predicted octanol–water partition coefficient (Wildman–Crippen LogP) is 25.9. The van der Waals surface area contributed by atoms with E-state index in [9.17, 15) is 5.84 Å². The molecule has 2 aromatic carbocycles. The highest BCUT2D eigenvalue weighted by molar-refractivity contribution is 6.15. The van der Waals surface area contributed by atoms with Crippen LogP contribution in [0.1, 0.15) is 353 Å². The van der Waals surface area contributed by atoms with Crippen LogP contribution in [0.4, 0.5) is 0 Å². The molecule has 0 spiro atoms. The third kappa shape index (κ3) is 30.6. The fraction of sp³-hybridized carbons (Fsp3) is 0.724. The molecule has 1 N–H and O–H groups in total. The molecule has 2 atom stereocenters. The molecule has 1 aliphatic heterocycles. The van der Waals surface area contributed by atoms with E-state index in [0.29, 0.717) is 11.8 Å². The Hall–Kier alpha value is -3.13. The van der Waals surface area contributed by atoms with Gasteiger partial charge < -0.3 is 5.84 Å². The van der Waals surface area contributed by atoms with Gasteiger partial charge >= 0.3 is 0 Å². The van der Waals surface area contributed by atoms with Crippen molar-refractivity contribution in [3.8, 4) is 0 Å². The third-order valence-corrected chi connectivity index (χ3v) is 17.6. The van der Waals surface area contributed by atoms with Crippen LogP contribution in [0.3, 0.4) is 0 Å². The van der Waals surface area contributed by atoms with E-state index >= 15 is 0 Å². The maximum atomic E-state index is 9.83. The van der Waals surface area contributed by atoms with E-state index in [-0.39, 0.29) is 0 Å². The molecule has 0 fully saturated rings. The molecule has 0 aliphatic carbocycles. The van der Waals surface area contributed by atoms with E-state index in [1.165, 1.54) is 310 Å². The minimum atomic E-state index is 0.608. The second kappa shape index (κ2) is 47.5. The summed E-state index contributed by atoms with van der Waals surface area (Å²) in [6, 6.07) is 18.1. The molecule has 0 saturated carbocycles. The quantitative estimate of drug-likeness (QED) is 0.0359. The van der Waals surface area contributed by atoms with Crippen LogP contribution in [0, 0.1) is 11.8 Å². The molecule has 78 heavy (non-hydrogen) atoms. The molecule has 1 aliphatic rings. The number of rotatable bonds is 52. The minimum absolute atomic E-state index is 0.608. The van der Waals surface area contributed by atoms with Gasteiger partial charge in [-0.1, -0.05) is 326 Å². The number of allylic oxidation sites excluding steroid dienone is 7. The lowest BCUT2D eigenvalue weighted by Gasteiger charge is -2.18. The number of hydrogen-bond donors (Lipinski definition) is 0. The van der Waals surface area contributed by atoms with Crippen molar-refractivity contribution >= 4 is 11.4 Å². The maximum absolute atomic E-state index is 9.83. The lowest BCUT2D eigenvalue weighted by Crippen LogP contribution is -2.14. The topological polar surface area (TPSA) is 26.8 Å². The summed E-state index contributed by atoms with van der Waals surface area (Å²) in [6.45, 7) is 16.2. The molecular weight excluding hydrogens is 941 g/mol. The van der Waals surface area contributed by atoms with Crippen LogP contribution in [0.5, 0.6) is 0 Å². The van der Waals surface area contributed by atoms with Crippen molar-refractivity contribution in [2.75, 3.05) is 0 Å². The van der Waals surface area contributed by atoms with Gasteiger partial charge in [-0.2, -0.15) is 0 Å². The molecule has 0 amide bonds. The molecule has 0 bridgehead atoms. The zero-order chi connectivity index (χ0) is 55.9. The van der Waals surface area contributed by atoms with Gasteiger partial charge in [0.2, 0.25) is 11.4 Å². The molecule has 2 unspecified atom stereocenters. The number of unbranched alkanes of at least 4 members (excludes halogenated alkanes) is 30. The summed E-state index contributed by atoms with van der Waals surface area (Å²) in [5.41, 5.74) is 11.9. The van der Waals surface area contributed by atoms with Gasteiger partial charge in [0.1, 0.15) is 0 Å². The van der Waals surface area contributed by atoms with Crippen LogP contribution in [-0.4, -0.2) is 10.4 Å².